The lowest BCUT2D eigenvalue weighted by atomic mass is 11.1. The van der Waals surface area contributed by atoms with Crippen molar-refractivity contribution in [1.82, 2.24) is 10.9 Å². The summed E-state index contributed by atoms with van der Waals surface area (Å²) in [5, 5.41) is 12.6. The van der Waals surface area contributed by atoms with Gasteiger partial charge in [-0.1, -0.05) is 0 Å². The topological polar surface area (TPSA) is 254 Å². The summed E-state index contributed by atoms with van der Waals surface area (Å²) < 4.78 is 8.88. The van der Waals surface area contributed by atoms with E-state index in [9.17, 15) is 0 Å². The van der Waals surface area contributed by atoms with E-state index in [0.717, 1.165) is 0 Å². The Hall–Kier alpha value is -1.43. The highest BCUT2D eigenvalue weighted by Crippen LogP contribution is 2.25. The van der Waals surface area contributed by atoms with Gasteiger partial charge in [0.15, 0.2) is 11.9 Å². The first-order valence-electron chi connectivity index (χ1n) is 2.94. The lowest BCUT2D eigenvalue weighted by Gasteiger charge is -1.85. The van der Waals surface area contributed by atoms with Crippen molar-refractivity contribution in [2.45, 2.75) is 0 Å². The lowest BCUT2D eigenvalue weighted by molar-refractivity contribution is 0.275. The number of hydrazine groups is 2. The average Bonchev–Trinajstić information content (AvgIpc) is 2.02. The maximum absolute atomic E-state index is 8.88. The predicted octanol–water partition coefficient (Wildman–Crippen LogP) is -4.24. The number of hydrogen-bond acceptors (Lipinski definition) is 5. The van der Waals surface area contributed by atoms with Crippen LogP contribution in [-0.2, 0) is 4.57 Å². The van der Waals surface area contributed by atoms with E-state index in [2.05, 4.69) is 23.2 Å². The Balaban J connectivity index is -0.000000144. The molecule has 92 valence electrons. The second-order valence-corrected chi connectivity index (χ2v) is 2.66. The minimum atomic E-state index is -4.64. The van der Waals surface area contributed by atoms with Crippen LogP contribution >= 0.6 is 7.82 Å². The Bertz CT molecular complexity index is 202. The lowest BCUT2D eigenvalue weighted by Crippen LogP contribution is -2.35. The van der Waals surface area contributed by atoms with Gasteiger partial charge < -0.3 is 26.1 Å². The van der Waals surface area contributed by atoms with Crippen LogP contribution in [0, 0.1) is 10.8 Å². The molecule has 0 radical (unpaired) electrons. The number of rotatable bonds is 0. The molecule has 0 aromatic carbocycles. The number of phosphoric acid groups is 1. The standard InChI is InChI=1S/2CH6N4.H3O4P/c2*2-1(3)5-4;1-5(2,3)4/h2*4H2,(H4,2,3,5);(H3,1,2,3,4). The second-order valence-electron chi connectivity index (χ2n) is 1.63. The summed E-state index contributed by atoms with van der Waals surface area (Å²) in [7, 11) is -4.64. The number of nitrogens with two attached hydrogens (primary N) is 4. The van der Waals surface area contributed by atoms with Crippen LogP contribution in [-0.4, -0.2) is 26.6 Å². The van der Waals surface area contributed by atoms with Gasteiger partial charge in [0.05, 0.1) is 0 Å². The molecule has 0 aromatic heterocycles. The first kappa shape index (κ1) is 19.2. The van der Waals surface area contributed by atoms with E-state index in [1.165, 1.54) is 0 Å². The molecular weight excluding hydrogens is 231 g/mol. The molecule has 0 aliphatic rings. The van der Waals surface area contributed by atoms with Crippen LogP contribution in [0.25, 0.3) is 0 Å². The van der Waals surface area contributed by atoms with Crippen molar-refractivity contribution in [1.29, 1.82) is 10.8 Å². The molecule has 0 atom stereocenters. The molecule has 0 amide bonds. The van der Waals surface area contributed by atoms with E-state index < -0.39 is 7.82 Å². The fourth-order valence-corrected chi connectivity index (χ4v) is 0. The quantitative estimate of drug-likeness (QED) is 0.0644. The summed E-state index contributed by atoms with van der Waals surface area (Å²) in [5.74, 6) is 8.71. The van der Waals surface area contributed by atoms with Crippen LogP contribution in [0.2, 0.25) is 0 Å². The van der Waals surface area contributed by atoms with Crippen molar-refractivity contribution < 1.29 is 19.2 Å². The van der Waals surface area contributed by atoms with Gasteiger partial charge in [0, 0.05) is 0 Å². The SMILES string of the molecule is N=C(N)NN.N=C(N)NN.O=P(O)(O)O. The smallest absolute Gasteiger partial charge is 0.369 e. The fraction of sp³-hybridized carbons (Fsp3) is 0. The van der Waals surface area contributed by atoms with Gasteiger partial charge in [-0.25, -0.2) is 16.3 Å². The van der Waals surface area contributed by atoms with Crippen LogP contribution in [0.3, 0.4) is 0 Å². The molecule has 0 saturated carbocycles. The number of guanidine groups is 2. The van der Waals surface area contributed by atoms with Gasteiger partial charge in [0.25, 0.3) is 0 Å². The van der Waals surface area contributed by atoms with E-state index >= 15 is 0 Å². The Morgan fingerprint density at radius 3 is 1.07 bits per heavy atom. The minimum absolute atomic E-state index is 0.218. The zero-order valence-corrected chi connectivity index (χ0v) is 8.40. The number of hydrogen-bond donors (Lipinski definition) is 11. The Morgan fingerprint density at radius 2 is 1.07 bits per heavy atom. The van der Waals surface area contributed by atoms with E-state index in [0.29, 0.717) is 0 Å². The number of nitrogens with one attached hydrogen (secondary N) is 4. The van der Waals surface area contributed by atoms with Gasteiger partial charge >= 0.3 is 7.82 Å². The molecule has 0 aromatic rings. The first-order chi connectivity index (χ1) is 6.54. The maximum Gasteiger partial charge on any atom is 0.466 e. The monoisotopic (exact) mass is 246 g/mol. The zero-order valence-electron chi connectivity index (χ0n) is 7.51. The van der Waals surface area contributed by atoms with E-state index in [1.807, 2.05) is 10.9 Å². The van der Waals surface area contributed by atoms with Crippen molar-refractivity contribution >= 4 is 19.7 Å². The third kappa shape index (κ3) is 213. The van der Waals surface area contributed by atoms with E-state index in [4.69, 9.17) is 30.1 Å². The van der Waals surface area contributed by atoms with Crippen molar-refractivity contribution in [3.8, 4) is 0 Å². The Morgan fingerprint density at radius 1 is 1.00 bits per heavy atom. The third-order valence-electron chi connectivity index (χ3n) is 0.311. The first-order valence-corrected chi connectivity index (χ1v) is 4.50. The molecule has 0 fully saturated rings. The van der Waals surface area contributed by atoms with Gasteiger partial charge in [0.1, 0.15) is 0 Å². The van der Waals surface area contributed by atoms with Crippen LogP contribution < -0.4 is 34.0 Å². The van der Waals surface area contributed by atoms with Crippen LogP contribution in [0.15, 0.2) is 0 Å². The van der Waals surface area contributed by atoms with Crippen LogP contribution in [0.5, 0.6) is 0 Å². The van der Waals surface area contributed by atoms with Crippen molar-refractivity contribution in [3.05, 3.63) is 0 Å². The van der Waals surface area contributed by atoms with Crippen LogP contribution in [0.1, 0.15) is 0 Å². The molecule has 0 rings (SSSR count). The molecule has 0 heterocycles. The molecule has 13 heteroatoms. The van der Waals surface area contributed by atoms with E-state index in [1.54, 1.807) is 0 Å². The molecule has 0 spiro atoms. The van der Waals surface area contributed by atoms with Gasteiger partial charge in [-0.15, -0.1) is 0 Å². The van der Waals surface area contributed by atoms with Crippen molar-refractivity contribution in [2.24, 2.45) is 23.2 Å². The predicted molar refractivity (Wildman–Crippen MR) is 52.7 cm³/mol. The zero-order chi connectivity index (χ0) is 13.1. The summed E-state index contributed by atoms with van der Waals surface area (Å²) in [6, 6.07) is 0. The summed E-state index contributed by atoms with van der Waals surface area (Å²) in [4.78, 5) is 21.6. The normalized spacial score (nSPS) is 8.33. The molecule has 12 nitrogen and oxygen atoms in total. The Kier molecular flexibility index (Phi) is 13.6. The second kappa shape index (κ2) is 10.6. The summed E-state index contributed by atoms with van der Waals surface area (Å²) in [6.45, 7) is 0. The van der Waals surface area contributed by atoms with Crippen LogP contribution in [0.4, 0.5) is 0 Å². The fourth-order valence-electron chi connectivity index (χ4n) is 0. The molecule has 15 heavy (non-hydrogen) atoms. The molecule has 0 aliphatic carbocycles. The summed E-state index contributed by atoms with van der Waals surface area (Å²) in [5.41, 5.74) is 13.1. The molecule has 0 saturated heterocycles. The van der Waals surface area contributed by atoms with Gasteiger partial charge in [-0.2, -0.15) is 0 Å². The average molecular weight is 246 g/mol. The molecule has 0 aliphatic heterocycles. The maximum atomic E-state index is 8.88. The van der Waals surface area contributed by atoms with Crippen molar-refractivity contribution in [2.75, 3.05) is 0 Å². The molecule has 0 unspecified atom stereocenters. The Labute approximate surface area is 84.8 Å². The van der Waals surface area contributed by atoms with Gasteiger partial charge in [0.2, 0.25) is 0 Å². The minimum Gasteiger partial charge on any atom is -0.369 e. The third-order valence-corrected chi connectivity index (χ3v) is 0.311. The highest BCUT2D eigenvalue weighted by molar-refractivity contribution is 7.45. The molecule has 0 bridgehead atoms. The molecule has 15 N–H and O–H groups in total. The summed E-state index contributed by atoms with van der Waals surface area (Å²) >= 11 is 0. The van der Waals surface area contributed by atoms with Gasteiger partial charge in [-0.3, -0.25) is 21.7 Å². The molecular formula is C2H15N8O4P. The largest absolute Gasteiger partial charge is 0.466 e. The highest BCUT2D eigenvalue weighted by atomic mass is 31.2. The van der Waals surface area contributed by atoms with Gasteiger partial charge in [-0.05, 0) is 0 Å². The summed E-state index contributed by atoms with van der Waals surface area (Å²) in [6.07, 6.45) is 0. The highest BCUT2D eigenvalue weighted by Gasteiger charge is 2.00. The van der Waals surface area contributed by atoms with Crippen molar-refractivity contribution in [3.63, 3.8) is 0 Å². The van der Waals surface area contributed by atoms with E-state index in [-0.39, 0.29) is 11.9 Å².